The Balaban J connectivity index is 2.39. The summed E-state index contributed by atoms with van der Waals surface area (Å²) in [5.41, 5.74) is 5.30. The summed E-state index contributed by atoms with van der Waals surface area (Å²) in [6, 6.07) is -0.00771. The van der Waals surface area contributed by atoms with Crippen molar-refractivity contribution in [1.29, 1.82) is 0 Å². The Hall–Kier alpha value is -0.170. The molecule has 16 heavy (non-hydrogen) atoms. The summed E-state index contributed by atoms with van der Waals surface area (Å²) in [5, 5.41) is 0. The van der Waals surface area contributed by atoms with Crippen LogP contribution in [0.4, 0.5) is 0 Å². The van der Waals surface area contributed by atoms with Gasteiger partial charge in [-0.3, -0.25) is 0 Å². The molecule has 1 saturated heterocycles. The van der Waals surface area contributed by atoms with Crippen molar-refractivity contribution in [3.8, 4) is 0 Å². The first-order valence-electron chi connectivity index (χ1n) is 5.83. The Labute approximate surface area is 97.8 Å². The van der Waals surface area contributed by atoms with E-state index in [1.165, 1.54) is 0 Å². The summed E-state index contributed by atoms with van der Waals surface area (Å²) in [4.78, 5) is 0. The van der Waals surface area contributed by atoms with E-state index in [-0.39, 0.29) is 11.8 Å². The van der Waals surface area contributed by atoms with Gasteiger partial charge >= 0.3 is 0 Å². The van der Waals surface area contributed by atoms with Crippen LogP contribution >= 0.6 is 0 Å². The minimum Gasteiger partial charge on any atom is -0.381 e. The molecule has 0 aromatic carbocycles. The Morgan fingerprint density at radius 1 is 1.44 bits per heavy atom. The number of nitrogens with two attached hydrogens (primary N) is 1. The molecule has 1 atom stereocenters. The minimum absolute atomic E-state index is 0.00771. The smallest absolute Gasteiger partial charge is 0.211 e. The average molecular weight is 250 g/mol. The highest BCUT2D eigenvalue weighted by molar-refractivity contribution is 7.89. The van der Waals surface area contributed by atoms with Crippen LogP contribution in [0, 0.1) is 5.92 Å². The summed E-state index contributed by atoms with van der Waals surface area (Å²) in [5.74, 6) is 0.512. The fourth-order valence-electron chi connectivity index (χ4n) is 1.93. The van der Waals surface area contributed by atoms with Gasteiger partial charge in [0.25, 0.3) is 0 Å². The number of hydrogen-bond donors (Lipinski definition) is 2. The normalized spacial score (nSPS) is 20.9. The molecule has 1 rings (SSSR count). The van der Waals surface area contributed by atoms with Crippen LogP contribution in [0.15, 0.2) is 0 Å². The lowest BCUT2D eigenvalue weighted by Gasteiger charge is -2.28. The third-order valence-electron chi connectivity index (χ3n) is 2.96. The molecule has 0 amide bonds. The van der Waals surface area contributed by atoms with Gasteiger partial charge in [0.2, 0.25) is 10.0 Å². The Morgan fingerprint density at radius 3 is 2.62 bits per heavy atom. The van der Waals surface area contributed by atoms with E-state index in [4.69, 9.17) is 10.5 Å². The SMILES string of the molecule is CC(NS(=O)(=O)CCCN)C1CCOCC1. The summed E-state index contributed by atoms with van der Waals surface area (Å²) in [7, 11) is -3.16. The van der Waals surface area contributed by atoms with Crippen LogP contribution in [0.3, 0.4) is 0 Å². The molecular formula is C10H22N2O3S. The summed E-state index contributed by atoms with van der Waals surface area (Å²) >= 11 is 0. The molecule has 96 valence electrons. The molecule has 0 aliphatic carbocycles. The highest BCUT2D eigenvalue weighted by Gasteiger charge is 2.23. The Morgan fingerprint density at radius 2 is 2.06 bits per heavy atom. The van der Waals surface area contributed by atoms with E-state index in [1.54, 1.807) is 0 Å². The molecule has 1 fully saturated rings. The molecule has 1 aliphatic rings. The Kier molecular flexibility index (Phi) is 5.68. The zero-order valence-electron chi connectivity index (χ0n) is 9.81. The van der Waals surface area contributed by atoms with E-state index in [9.17, 15) is 8.42 Å². The number of nitrogens with one attached hydrogen (secondary N) is 1. The van der Waals surface area contributed by atoms with Crippen LogP contribution in [0.25, 0.3) is 0 Å². The van der Waals surface area contributed by atoms with Crippen molar-refractivity contribution in [1.82, 2.24) is 4.72 Å². The molecule has 0 saturated carbocycles. The van der Waals surface area contributed by atoms with Gasteiger partial charge in [-0.2, -0.15) is 0 Å². The molecule has 1 heterocycles. The summed E-state index contributed by atoms with van der Waals surface area (Å²) in [6.45, 7) is 3.81. The fraction of sp³-hybridized carbons (Fsp3) is 1.00. The maximum absolute atomic E-state index is 11.6. The highest BCUT2D eigenvalue weighted by Crippen LogP contribution is 2.19. The monoisotopic (exact) mass is 250 g/mol. The Bertz CT molecular complexity index is 286. The van der Waals surface area contributed by atoms with E-state index in [2.05, 4.69) is 4.72 Å². The van der Waals surface area contributed by atoms with Crippen LogP contribution in [0.1, 0.15) is 26.2 Å². The number of rotatable bonds is 6. The van der Waals surface area contributed by atoms with Gasteiger partial charge < -0.3 is 10.5 Å². The third-order valence-corrected chi connectivity index (χ3v) is 4.51. The first kappa shape index (κ1) is 13.9. The van der Waals surface area contributed by atoms with Crippen molar-refractivity contribution in [3.63, 3.8) is 0 Å². The molecule has 0 aromatic rings. The second kappa shape index (κ2) is 6.54. The molecule has 0 spiro atoms. The largest absolute Gasteiger partial charge is 0.381 e. The van der Waals surface area contributed by atoms with Crippen LogP contribution in [-0.4, -0.2) is 40.0 Å². The number of hydrogen-bond acceptors (Lipinski definition) is 4. The van der Waals surface area contributed by atoms with Crippen molar-refractivity contribution < 1.29 is 13.2 Å². The lowest BCUT2D eigenvalue weighted by atomic mass is 9.94. The second-order valence-corrected chi connectivity index (χ2v) is 6.19. The van der Waals surface area contributed by atoms with E-state index in [0.29, 0.717) is 18.9 Å². The van der Waals surface area contributed by atoms with Crippen LogP contribution < -0.4 is 10.5 Å². The molecule has 0 aromatic heterocycles. The van der Waals surface area contributed by atoms with Crippen molar-refractivity contribution in [2.45, 2.75) is 32.2 Å². The van der Waals surface area contributed by atoms with Crippen LogP contribution in [0.2, 0.25) is 0 Å². The minimum atomic E-state index is -3.16. The van der Waals surface area contributed by atoms with Gasteiger partial charge in [0.05, 0.1) is 5.75 Å². The molecule has 0 radical (unpaired) electrons. The van der Waals surface area contributed by atoms with Gasteiger partial charge in [-0.05, 0) is 38.6 Å². The number of ether oxygens (including phenoxy) is 1. The van der Waals surface area contributed by atoms with Crippen LogP contribution in [0.5, 0.6) is 0 Å². The summed E-state index contributed by atoms with van der Waals surface area (Å²) in [6.07, 6.45) is 2.37. The number of sulfonamides is 1. The van der Waals surface area contributed by atoms with Crippen molar-refractivity contribution >= 4 is 10.0 Å². The first-order chi connectivity index (χ1) is 7.55. The molecular weight excluding hydrogens is 228 g/mol. The van der Waals surface area contributed by atoms with E-state index in [1.807, 2.05) is 6.92 Å². The molecule has 1 unspecified atom stereocenters. The second-order valence-electron chi connectivity index (χ2n) is 4.32. The van der Waals surface area contributed by atoms with Gasteiger partial charge in [-0.15, -0.1) is 0 Å². The highest BCUT2D eigenvalue weighted by atomic mass is 32.2. The zero-order chi connectivity index (χ0) is 12.0. The molecule has 3 N–H and O–H groups in total. The topological polar surface area (TPSA) is 81.4 Å². The molecule has 1 aliphatic heterocycles. The zero-order valence-corrected chi connectivity index (χ0v) is 10.6. The van der Waals surface area contributed by atoms with Gasteiger partial charge in [0, 0.05) is 19.3 Å². The fourth-order valence-corrected chi connectivity index (χ4v) is 3.35. The van der Waals surface area contributed by atoms with E-state index in [0.717, 1.165) is 26.1 Å². The quantitative estimate of drug-likeness (QED) is 0.699. The van der Waals surface area contributed by atoms with E-state index < -0.39 is 10.0 Å². The predicted molar refractivity (Wildman–Crippen MR) is 63.6 cm³/mol. The lowest BCUT2D eigenvalue weighted by Crippen LogP contribution is -2.41. The van der Waals surface area contributed by atoms with Crippen molar-refractivity contribution in [3.05, 3.63) is 0 Å². The predicted octanol–water partition coefficient (Wildman–Crippen LogP) is 0.0697. The molecule has 6 heteroatoms. The van der Waals surface area contributed by atoms with Crippen LogP contribution in [-0.2, 0) is 14.8 Å². The average Bonchev–Trinajstić information content (AvgIpc) is 2.27. The van der Waals surface area contributed by atoms with Gasteiger partial charge in [-0.25, -0.2) is 13.1 Å². The first-order valence-corrected chi connectivity index (χ1v) is 7.48. The third kappa shape index (κ3) is 4.78. The maximum atomic E-state index is 11.6. The van der Waals surface area contributed by atoms with Gasteiger partial charge in [0.15, 0.2) is 0 Å². The van der Waals surface area contributed by atoms with Crippen molar-refractivity contribution in [2.75, 3.05) is 25.5 Å². The summed E-state index contributed by atoms with van der Waals surface area (Å²) < 4.78 is 31.3. The molecule has 0 bridgehead atoms. The van der Waals surface area contributed by atoms with E-state index >= 15 is 0 Å². The standard InChI is InChI=1S/C10H22N2O3S/c1-9(10-3-6-15-7-4-10)12-16(13,14)8-2-5-11/h9-10,12H,2-8,11H2,1H3. The van der Waals surface area contributed by atoms with Gasteiger partial charge in [-0.1, -0.05) is 0 Å². The maximum Gasteiger partial charge on any atom is 0.211 e. The molecule has 5 nitrogen and oxygen atoms in total. The van der Waals surface area contributed by atoms with Gasteiger partial charge in [0.1, 0.15) is 0 Å². The lowest BCUT2D eigenvalue weighted by molar-refractivity contribution is 0.0585. The van der Waals surface area contributed by atoms with Crippen molar-refractivity contribution in [2.24, 2.45) is 11.7 Å².